The fourth-order valence-corrected chi connectivity index (χ4v) is 2.55. The van der Waals surface area contributed by atoms with Crippen molar-refractivity contribution in [2.75, 3.05) is 11.9 Å². The summed E-state index contributed by atoms with van der Waals surface area (Å²) in [6.07, 6.45) is 3.88. The lowest BCUT2D eigenvalue weighted by molar-refractivity contribution is 0.766. The van der Waals surface area contributed by atoms with Gasteiger partial charge in [0.1, 0.15) is 0 Å². The van der Waals surface area contributed by atoms with Crippen LogP contribution in [0.5, 0.6) is 0 Å². The number of halogens is 2. The van der Waals surface area contributed by atoms with E-state index in [0.29, 0.717) is 0 Å². The number of rotatable bonds is 4. The molecule has 2 rings (SSSR count). The minimum absolute atomic E-state index is 0.776. The second kappa shape index (κ2) is 5.76. The SMILES string of the molecule is CN(Cc1cnn(C)c1)c1ccc(CBr)cc1Cl. The van der Waals surface area contributed by atoms with Crippen LogP contribution >= 0.6 is 27.5 Å². The first-order chi connectivity index (χ1) is 8.60. The molecule has 0 unspecified atom stereocenters. The van der Waals surface area contributed by atoms with Crippen LogP contribution in [-0.2, 0) is 18.9 Å². The molecule has 0 aliphatic rings. The van der Waals surface area contributed by atoms with Gasteiger partial charge < -0.3 is 4.90 Å². The fourth-order valence-electron chi connectivity index (χ4n) is 1.86. The normalized spacial score (nSPS) is 10.7. The predicted octanol–water partition coefficient (Wildman–Crippen LogP) is 3.60. The first-order valence-corrected chi connectivity index (χ1v) is 7.13. The number of aryl methyl sites for hydroxylation is 1. The van der Waals surface area contributed by atoms with Gasteiger partial charge in [-0.2, -0.15) is 5.10 Å². The van der Waals surface area contributed by atoms with Gasteiger partial charge in [-0.05, 0) is 17.7 Å². The molecule has 0 aliphatic carbocycles. The summed E-state index contributed by atoms with van der Waals surface area (Å²) in [5.74, 6) is 0. The summed E-state index contributed by atoms with van der Waals surface area (Å²) in [5, 5.41) is 5.76. The molecule has 2 aromatic rings. The largest absolute Gasteiger partial charge is 0.369 e. The van der Waals surface area contributed by atoms with Gasteiger partial charge in [-0.3, -0.25) is 4.68 Å². The van der Waals surface area contributed by atoms with Crippen molar-refractivity contribution in [3.63, 3.8) is 0 Å². The molecule has 0 bridgehead atoms. The van der Waals surface area contributed by atoms with E-state index in [0.717, 1.165) is 22.6 Å². The molecule has 0 spiro atoms. The highest BCUT2D eigenvalue weighted by molar-refractivity contribution is 9.08. The molecule has 0 saturated carbocycles. The van der Waals surface area contributed by atoms with Crippen LogP contribution in [0.3, 0.4) is 0 Å². The summed E-state index contributed by atoms with van der Waals surface area (Å²) in [6, 6.07) is 6.12. The van der Waals surface area contributed by atoms with E-state index in [-0.39, 0.29) is 0 Å². The van der Waals surface area contributed by atoms with E-state index in [1.807, 2.05) is 32.6 Å². The summed E-state index contributed by atoms with van der Waals surface area (Å²) in [6.45, 7) is 0.793. The van der Waals surface area contributed by atoms with Crippen LogP contribution in [0.15, 0.2) is 30.6 Å². The molecule has 0 saturated heterocycles. The Morgan fingerprint density at radius 1 is 1.39 bits per heavy atom. The van der Waals surface area contributed by atoms with Gasteiger partial charge in [0.15, 0.2) is 0 Å². The van der Waals surface area contributed by atoms with Crippen LogP contribution < -0.4 is 4.90 Å². The number of nitrogens with zero attached hydrogens (tertiary/aromatic N) is 3. The maximum absolute atomic E-state index is 6.29. The van der Waals surface area contributed by atoms with E-state index in [1.165, 1.54) is 11.1 Å². The Bertz CT molecular complexity index is 539. The Balaban J connectivity index is 2.15. The van der Waals surface area contributed by atoms with Crippen LogP contribution in [0.4, 0.5) is 5.69 Å². The first kappa shape index (κ1) is 13.4. The zero-order valence-electron chi connectivity index (χ0n) is 10.4. The summed E-state index contributed by atoms with van der Waals surface area (Å²) in [5.41, 5.74) is 3.38. The van der Waals surface area contributed by atoms with Crippen molar-refractivity contribution in [3.8, 4) is 0 Å². The third kappa shape index (κ3) is 3.06. The van der Waals surface area contributed by atoms with E-state index in [2.05, 4.69) is 38.1 Å². The van der Waals surface area contributed by atoms with E-state index in [4.69, 9.17) is 11.6 Å². The molecular formula is C13H15BrClN3. The van der Waals surface area contributed by atoms with Gasteiger partial charge in [0, 0.05) is 37.7 Å². The molecule has 5 heteroatoms. The molecular weight excluding hydrogens is 314 g/mol. The van der Waals surface area contributed by atoms with Crippen LogP contribution in [0.2, 0.25) is 5.02 Å². The molecule has 1 heterocycles. The van der Waals surface area contributed by atoms with Crippen LogP contribution in [-0.4, -0.2) is 16.8 Å². The van der Waals surface area contributed by atoms with Gasteiger partial charge >= 0.3 is 0 Å². The number of hydrogen-bond donors (Lipinski definition) is 0. The number of anilines is 1. The second-order valence-corrected chi connectivity index (χ2v) is 5.27. The summed E-state index contributed by atoms with van der Waals surface area (Å²) >= 11 is 9.72. The van der Waals surface area contributed by atoms with Gasteiger partial charge in [0.25, 0.3) is 0 Å². The van der Waals surface area contributed by atoms with Gasteiger partial charge in [0.05, 0.1) is 16.9 Å². The molecule has 18 heavy (non-hydrogen) atoms. The highest BCUT2D eigenvalue weighted by Crippen LogP contribution is 2.27. The van der Waals surface area contributed by atoms with E-state index in [9.17, 15) is 0 Å². The van der Waals surface area contributed by atoms with Crippen molar-refractivity contribution in [3.05, 3.63) is 46.7 Å². The zero-order chi connectivity index (χ0) is 13.1. The van der Waals surface area contributed by atoms with Crippen molar-refractivity contribution in [2.24, 2.45) is 7.05 Å². The summed E-state index contributed by atoms with van der Waals surface area (Å²) in [4.78, 5) is 2.12. The average molecular weight is 329 g/mol. The molecule has 1 aromatic heterocycles. The van der Waals surface area contributed by atoms with Gasteiger partial charge in [-0.15, -0.1) is 0 Å². The van der Waals surface area contributed by atoms with E-state index < -0.39 is 0 Å². The Morgan fingerprint density at radius 3 is 2.72 bits per heavy atom. The minimum Gasteiger partial charge on any atom is -0.369 e. The monoisotopic (exact) mass is 327 g/mol. The van der Waals surface area contributed by atoms with Crippen molar-refractivity contribution in [2.45, 2.75) is 11.9 Å². The standard InChI is InChI=1S/C13H15BrClN3/c1-17(8-11-7-16-18(2)9-11)13-4-3-10(6-14)5-12(13)15/h3-5,7,9H,6,8H2,1-2H3. The second-order valence-electron chi connectivity index (χ2n) is 4.30. The minimum atomic E-state index is 0.776. The van der Waals surface area contributed by atoms with E-state index >= 15 is 0 Å². The maximum Gasteiger partial charge on any atom is 0.0642 e. The Morgan fingerprint density at radius 2 is 2.17 bits per heavy atom. The fraction of sp³-hybridized carbons (Fsp3) is 0.308. The molecule has 0 N–H and O–H groups in total. The van der Waals surface area contributed by atoms with Crippen LogP contribution in [0, 0.1) is 0 Å². The van der Waals surface area contributed by atoms with E-state index in [1.54, 1.807) is 4.68 Å². The molecule has 0 amide bonds. The summed E-state index contributed by atoms with van der Waals surface area (Å²) < 4.78 is 1.80. The molecule has 0 atom stereocenters. The lowest BCUT2D eigenvalue weighted by atomic mass is 10.2. The van der Waals surface area contributed by atoms with Crippen molar-refractivity contribution >= 4 is 33.2 Å². The predicted molar refractivity (Wildman–Crippen MR) is 79.4 cm³/mol. The highest BCUT2D eigenvalue weighted by atomic mass is 79.9. The first-order valence-electron chi connectivity index (χ1n) is 5.63. The quantitative estimate of drug-likeness (QED) is 0.800. The molecule has 1 aromatic carbocycles. The topological polar surface area (TPSA) is 21.1 Å². The van der Waals surface area contributed by atoms with Crippen molar-refractivity contribution in [1.29, 1.82) is 0 Å². The Labute approximate surface area is 120 Å². The van der Waals surface area contributed by atoms with Gasteiger partial charge in [0.2, 0.25) is 0 Å². The number of alkyl halides is 1. The lowest BCUT2D eigenvalue weighted by Gasteiger charge is -2.20. The molecule has 96 valence electrons. The number of benzene rings is 1. The van der Waals surface area contributed by atoms with Crippen LogP contribution in [0.25, 0.3) is 0 Å². The Hall–Kier alpha value is -1.000. The zero-order valence-corrected chi connectivity index (χ0v) is 12.7. The molecule has 0 radical (unpaired) electrons. The molecule has 0 fully saturated rings. The number of aromatic nitrogens is 2. The summed E-state index contributed by atoms with van der Waals surface area (Å²) in [7, 11) is 3.95. The molecule has 3 nitrogen and oxygen atoms in total. The maximum atomic E-state index is 6.29. The molecule has 0 aliphatic heterocycles. The lowest BCUT2D eigenvalue weighted by Crippen LogP contribution is -2.16. The number of hydrogen-bond acceptors (Lipinski definition) is 2. The van der Waals surface area contributed by atoms with Crippen molar-refractivity contribution < 1.29 is 0 Å². The third-order valence-electron chi connectivity index (χ3n) is 2.76. The van der Waals surface area contributed by atoms with Gasteiger partial charge in [-0.1, -0.05) is 33.6 Å². The highest BCUT2D eigenvalue weighted by Gasteiger charge is 2.08. The average Bonchev–Trinajstić information content (AvgIpc) is 2.74. The Kier molecular flexibility index (Phi) is 4.30. The third-order valence-corrected chi connectivity index (χ3v) is 3.71. The van der Waals surface area contributed by atoms with Crippen LogP contribution in [0.1, 0.15) is 11.1 Å². The smallest absolute Gasteiger partial charge is 0.0642 e. The van der Waals surface area contributed by atoms with Gasteiger partial charge in [-0.25, -0.2) is 0 Å². The van der Waals surface area contributed by atoms with Crippen molar-refractivity contribution in [1.82, 2.24) is 9.78 Å².